The molecule has 1 aromatic rings. The van der Waals surface area contributed by atoms with Gasteiger partial charge in [0.2, 0.25) is 0 Å². The summed E-state index contributed by atoms with van der Waals surface area (Å²) in [5.41, 5.74) is 1.67. The molecule has 0 bridgehead atoms. The molecule has 1 saturated heterocycles. The molecule has 1 aliphatic heterocycles. The number of nitrogens with zero attached hydrogens (tertiary/aromatic N) is 2. The van der Waals surface area contributed by atoms with Crippen molar-refractivity contribution >= 4 is 11.9 Å². The minimum atomic E-state index is -0.877. The smallest absolute Gasteiger partial charge is 0.317 e. The second kappa shape index (κ2) is 9.66. The zero-order valence-corrected chi connectivity index (χ0v) is 15.7. The highest BCUT2D eigenvalue weighted by molar-refractivity contribution is 5.94. The fourth-order valence-corrected chi connectivity index (χ4v) is 2.85. The summed E-state index contributed by atoms with van der Waals surface area (Å²) in [5.74, 6) is -0.909. The molecule has 0 saturated carbocycles. The number of carbonyl (C=O) groups excluding carboxylic acids is 1. The van der Waals surface area contributed by atoms with Crippen LogP contribution in [0.15, 0.2) is 24.3 Å². The van der Waals surface area contributed by atoms with Crippen LogP contribution in [0.4, 0.5) is 0 Å². The Kier molecular flexibility index (Phi) is 7.56. The first-order valence-electron chi connectivity index (χ1n) is 8.87. The van der Waals surface area contributed by atoms with Crippen molar-refractivity contribution in [1.82, 2.24) is 9.80 Å². The van der Waals surface area contributed by atoms with E-state index in [1.807, 2.05) is 38.1 Å². The summed E-state index contributed by atoms with van der Waals surface area (Å²) >= 11 is 0. The maximum atomic E-state index is 12.7. The van der Waals surface area contributed by atoms with E-state index in [2.05, 4.69) is 0 Å². The van der Waals surface area contributed by atoms with Gasteiger partial charge < -0.3 is 19.5 Å². The molecule has 144 valence electrons. The zero-order valence-electron chi connectivity index (χ0n) is 15.7. The minimum absolute atomic E-state index is 0.0319. The summed E-state index contributed by atoms with van der Waals surface area (Å²) in [7, 11) is 1.73. The first-order valence-corrected chi connectivity index (χ1v) is 8.87. The van der Waals surface area contributed by atoms with Gasteiger partial charge in [0.15, 0.2) is 0 Å². The SMILES string of the molecule is CC(C)OCc1ccc(C(=O)N2CCOC(CN(C)CC(=O)O)C2)cc1. The highest BCUT2D eigenvalue weighted by Crippen LogP contribution is 2.13. The van der Waals surface area contributed by atoms with E-state index in [1.165, 1.54) is 0 Å². The molecule has 7 nitrogen and oxygen atoms in total. The van der Waals surface area contributed by atoms with Crippen molar-refractivity contribution in [3.8, 4) is 0 Å². The molecular formula is C19H28N2O5. The molecule has 1 aliphatic rings. The van der Waals surface area contributed by atoms with Crippen LogP contribution in [-0.2, 0) is 20.9 Å². The number of hydrogen-bond donors (Lipinski definition) is 1. The number of morpholine rings is 1. The average Bonchev–Trinajstić information content (AvgIpc) is 2.59. The lowest BCUT2D eigenvalue weighted by Crippen LogP contribution is -2.49. The first-order chi connectivity index (χ1) is 12.3. The highest BCUT2D eigenvalue weighted by Gasteiger charge is 2.26. The molecule has 0 radical (unpaired) electrons. The number of benzene rings is 1. The maximum Gasteiger partial charge on any atom is 0.317 e. The van der Waals surface area contributed by atoms with Crippen molar-refractivity contribution < 1.29 is 24.2 Å². The van der Waals surface area contributed by atoms with Crippen LogP contribution in [0.2, 0.25) is 0 Å². The third kappa shape index (κ3) is 6.40. The summed E-state index contributed by atoms with van der Waals surface area (Å²) in [4.78, 5) is 26.9. The molecule has 1 atom stereocenters. The number of carboxylic acid groups (broad SMARTS) is 1. The monoisotopic (exact) mass is 364 g/mol. The predicted molar refractivity (Wildman–Crippen MR) is 97.1 cm³/mol. The lowest BCUT2D eigenvalue weighted by Gasteiger charge is -2.34. The summed E-state index contributed by atoms with van der Waals surface area (Å²) in [5, 5.41) is 8.84. The van der Waals surface area contributed by atoms with Crippen LogP contribution in [-0.4, -0.2) is 78.8 Å². The number of rotatable bonds is 8. The molecule has 0 aromatic heterocycles. The van der Waals surface area contributed by atoms with Gasteiger partial charge in [-0.15, -0.1) is 0 Å². The van der Waals surface area contributed by atoms with E-state index >= 15 is 0 Å². The molecule has 26 heavy (non-hydrogen) atoms. The van der Waals surface area contributed by atoms with Crippen molar-refractivity contribution in [3.05, 3.63) is 35.4 Å². The van der Waals surface area contributed by atoms with Crippen LogP contribution in [0, 0.1) is 0 Å². The Morgan fingerprint density at radius 2 is 2.04 bits per heavy atom. The van der Waals surface area contributed by atoms with E-state index in [0.717, 1.165) is 5.56 Å². The molecule has 1 fully saturated rings. The third-order valence-corrected chi connectivity index (χ3v) is 4.13. The Hall–Kier alpha value is -1.96. The fraction of sp³-hybridized carbons (Fsp3) is 0.579. The van der Waals surface area contributed by atoms with E-state index in [4.69, 9.17) is 14.6 Å². The van der Waals surface area contributed by atoms with E-state index in [9.17, 15) is 9.59 Å². The van der Waals surface area contributed by atoms with Gasteiger partial charge >= 0.3 is 5.97 Å². The van der Waals surface area contributed by atoms with Gasteiger partial charge in [0.25, 0.3) is 5.91 Å². The Balaban J connectivity index is 1.90. The number of carbonyl (C=O) groups is 2. The third-order valence-electron chi connectivity index (χ3n) is 4.13. The van der Waals surface area contributed by atoms with Gasteiger partial charge in [-0.1, -0.05) is 12.1 Å². The van der Waals surface area contributed by atoms with Gasteiger partial charge in [-0.3, -0.25) is 14.5 Å². The van der Waals surface area contributed by atoms with Crippen molar-refractivity contribution in [1.29, 1.82) is 0 Å². The van der Waals surface area contributed by atoms with Crippen molar-refractivity contribution in [2.75, 3.05) is 39.8 Å². The van der Waals surface area contributed by atoms with Gasteiger partial charge in [0.05, 0.1) is 32.0 Å². The number of aliphatic carboxylic acids is 1. The highest BCUT2D eigenvalue weighted by atomic mass is 16.5. The second-order valence-corrected chi connectivity index (χ2v) is 6.89. The Morgan fingerprint density at radius 3 is 2.65 bits per heavy atom. The summed E-state index contributed by atoms with van der Waals surface area (Å²) in [6.45, 7) is 6.38. The molecule has 7 heteroatoms. The van der Waals surface area contributed by atoms with Crippen molar-refractivity contribution in [2.45, 2.75) is 32.7 Å². The molecular weight excluding hydrogens is 336 g/mol. The molecule has 1 N–H and O–H groups in total. The molecule has 0 spiro atoms. The molecule has 1 aromatic carbocycles. The molecule has 1 amide bonds. The van der Waals surface area contributed by atoms with E-state index < -0.39 is 5.97 Å². The Labute approximate surface area is 154 Å². The van der Waals surface area contributed by atoms with Crippen LogP contribution in [0.3, 0.4) is 0 Å². The quantitative estimate of drug-likeness (QED) is 0.753. The van der Waals surface area contributed by atoms with Crippen LogP contribution >= 0.6 is 0 Å². The average molecular weight is 364 g/mol. The van der Waals surface area contributed by atoms with Crippen LogP contribution < -0.4 is 0 Å². The zero-order chi connectivity index (χ0) is 19.1. The van der Waals surface area contributed by atoms with Gasteiger partial charge in [-0.2, -0.15) is 0 Å². The number of hydrogen-bond acceptors (Lipinski definition) is 5. The van der Waals surface area contributed by atoms with Gasteiger partial charge in [0.1, 0.15) is 0 Å². The van der Waals surface area contributed by atoms with E-state index in [-0.39, 0.29) is 24.7 Å². The lowest BCUT2D eigenvalue weighted by molar-refractivity contribution is -0.138. The number of carboxylic acids is 1. The summed E-state index contributed by atoms with van der Waals surface area (Å²) < 4.78 is 11.2. The van der Waals surface area contributed by atoms with Crippen molar-refractivity contribution in [3.63, 3.8) is 0 Å². The number of amides is 1. The van der Waals surface area contributed by atoms with Crippen LogP contribution in [0.1, 0.15) is 29.8 Å². The maximum absolute atomic E-state index is 12.7. The normalized spacial score (nSPS) is 17.7. The van der Waals surface area contributed by atoms with Crippen molar-refractivity contribution in [2.24, 2.45) is 0 Å². The Morgan fingerprint density at radius 1 is 1.35 bits per heavy atom. The van der Waals surface area contributed by atoms with Gasteiger partial charge in [0, 0.05) is 25.2 Å². The van der Waals surface area contributed by atoms with E-state index in [0.29, 0.717) is 38.4 Å². The van der Waals surface area contributed by atoms with Crippen LogP contribution in [0.5, 0.6) is 0 Å². The number of likely N-dealkylation sites (N-methyl/N-ethyl adjacent to an activating group) is 1. The molecule has 0 aliphatic carbocycles. The van der Waals surface area contributed by atoms with Crippen LogP contribution in [0.25, 0.3) is 0 Å². The van der Waals surface area contributed by atoms with Gasteiger partial charge in [-0.25, -0.2) is 0 Å². The van der Waals surface area contributed by atoms with E-state index in [1.54, 1.807) is 16.8 Å². The predicted octanol–water partition coefficient (Wildman–Crippen LogP) is 1.47. The standard InChI is InChI=1S/C19H28N2O5/c1-14(2)26-13-15-4-6-16(7-5-15)19(24)21-8-9-25-17(11-21)10-20(3)12-18(22)23/h4-7,14,17H,8-13H2,1-3H3,(H,22,23). The Bertz CT molecular complexity index is 602. The fourth-order valence-electron chi connectivity index (χ4n) is 2.85. The second-order valence-electron chi connectivity index (χ2n) is 6.89. The van der Waals surface area contributed by atoms with Gasteiger partial charge in [-0.05, 0) is 38.6 Å². The molecule has 1 unspecified atom stereocenters. The first kappa shape index (κ1) is 20.4. The minimum Gasteiger partial charge on any atom is -0.480 e. The number of ether oxygens (including phenoxy) is 2. The summed E-state index contributed by atoms with van der Waals surface area (Å²) in [6.07, 6.45) is -0.0170. The summed E-state index contributed by atoms with van der Waals surface area (Å²) in [6, 6.07) is 7.47. The topological polar surface area (TPSA) is 79.3 Å². The molecule has 1 heterocycles. The largest absolute Gasteiger partial charge is 0.480 e. The molecule has 2 rings (SSSR count). The lowest BCUT2D eigenvalue weighted by atomic mass is 10.1.